The fraction of sp³-hybridized carbons (Fsp3) is 0.429. The summed E-state index contributed by atoms with van der Waals surface area (Å²) in [4.78, 5) is 22.5. The van der Waals surface area contributed by atoms with E-state index < -0.39 is 12.0 Å². The molecule has 1 amide bonds. The van der Waals surface area contributed by atoms with E-state index in [0.717, 1.165) is 11.1 Å². The number of esters is 1. The van der Waals surface area contributed by atoms with Gasteiger partial charge in [-0.15, -0.1) is 0 Å². The molecule has 0 saturated heterocycles. The zero-order valence-electron chi connectivity index (χ0n) is 11.7. The predicted octanol–water partition coefficient (Wildman–Crippen LogP) is -0.0538. The number of benzene rings is 1. The molecule has 0 fully saturated rings. The van der Waals surface area contributed by atoms with E-state index in [9.17, 15) is 9.59 Å². The number of methoxy groups -OCH3 is 1. The minimum absolute atomic E-state index is 0.00941. The molecule has 0 aliphatic carbocycles. The van der Waals surface area contributed by atoms with Crippen LogP contribution in [-0.4, -0.2) is 36.7 Å². The number of hydrogen-bond acceptors (Lipinski definition) is 5. The number of nitrogens with one attached hydrogen (secondary N) is 2. The molecule has 0 heterocycles. The average Bonchev–Trinajstić information content (AvgIpc) is 2.45. The number of carbonyl (C=O) groups is 2. The molecule has 1 rings (SSSR count). The molecule has 20 heavy (non-hydrogen) atoms. The third-order valence-electron chi connectivity index (χ3n) is 2.71. The van der Waals surface area contributed by atoms with Crippen LogP contribution in [0.3, 0.4) is 0 Å². The van der Waals surface area contributed by atoms with Gasteiger partial charge >= 0.3 is 5.97 Å². The van der Waals surface area contributed by atoms with Gasteiger partial charge in [-0.2, -0.15) is 0 Å². The molecule has 1 aromatic rings. The molecule has 0 aliphatic rings. The van der Waals surface area contributed by atoms with Crippen molar-refractivity contribution < 1.29 is 19.4 Å². The highest BCUT2D eigenvalue weighted by Crippen LogP contribution is 2.04. The smallest absolute Gasteiger partial charge is 0.329 e. The highest BCUT2D eigenvalue weighted by molar-refractivity contribution is 5.83. The summed E-state index contributed by atoms with van der Waals surface area (Å²) in [5, 5.41) is 14.7. The maximum Gasteiger partial charge on any atom is 0.329 e. The fourth-order valence-electron chi connectivity index (χ4n) is 1.78. The number of hydrogen-bond donors (Lipinski definition) is 3. The standard InChI is InChI=1S/C14H20N2O4/c1-10(18)16-13(14(19)20-2)8-15-7-11-4-3-5-12(6-11)9-17/h3-6,13,15,17H,7-9H2,1-2H3,(H,16,18). The Balaban J connectivity index is 2.50. The second kappa shape index (κ2) is 8.29. The largest absolute Gasteiger partial charge is 0.467 e. The predicted molar refractivity (Wildman–Crippen MR) is 73.7 cm³/mol. The van der Waals surface area contributed by atoms with Crippen molar-refractivity contribution in [2.75, 3.05) is 13.7 Å². The third kappa shape index (κ3) is 5.38. The van der Waals surface area contributed by atoms with E-state index >= 15 is 0 Å². The van der Waals surface area contributed by atoms with Crippen LogP contribution in [0.2, 0.25) is 0 Å². The number of aliphatic hydroxyl groups excluding tert-OH is 1. The minimum Gasteiger partial charge on any atom is -0.467 e. The maximum absolute atomic E-state index is 11.5. The van der Waals surface area contributed by atoms with Crippen molar-refractivity contribution in [2.45, 2.75) is 26.1 Å². The van der Waals surface area contributed by atoms with E-state index in [1.807, 2.05) is 24.3 Å². The van der Waals surface area contributed by atoms with E-state index in [1.165, 1.54) is 14.0 Å². The van der Waals surface area contributed by atoms with Crippen molar-refractivity contribution in [1.29, 1.82) is 0 Å². The first-order valence-corrected chi connectivity index (χ1v) is 6.31. The maximum atomic E-state index is 11.5. The summed E-state index contributed by atoms with van der Waals surface area (Å²) < 4.78 is 4.63. The second-order valence-electron chi connectivity index (χ2n) is 4.39. The van der Waals surface area contributed by atoms with Gasteiger partial charge < -0.3 is 20.5 Å². The van der Waals surface area contributed by atoms with Crippen LogP contribution in [0.15, 0.2) is 24.3 Å². The quantitative estimate of drug-likeness (QED) is 0.609. The molecule has 1 aromatic carbocycles. The lowest BCUT2D eigenvalue weighted by molar-refractivity contribution is -0.144. The molecule has 0 saturated carbocycles. The van der Waals surface area contributed by atoms with E-state index in [1.54, 1.807) is 0 Å². The zero-order chi connectivity index (χ0) is 15.0. The number of ether oxygens (including phenoxy) is 1. The van der Waals surface area contributed by atoms with Crippen molar-refractivity contribution in [3.8, 4) is 0 Å². The highest BCUT2D eigenvalue weighted by atomic mass is 16.5. The van der Waals surface area contributed by atoms with Crippen molar-refractivity contribution >= 4 is 11.9 Å². The molecular formula is C14H20N2O4. The van der Waals surface area contributed by atoms with Crippen molar-refractivity contribution in [1.82, 2.24) is 10.6 Å². The van der Waals surface area contributed by atoms with Gasteiger partial charge in [0.05, 0.1) is 13.7 Å². The van der Waals surface area contributed by atoms with Gasteiger partial charge in [-0.25, -0.2) is 4.79 Å². The first-order valence-electron chi connectivity index (χ1n) is 6.31. The van der Waals surface area contributed by atoms with E-state index in [-0.39, 0.29) is 19.1 Å². The van der Waals surface area contributed by atoms with Crippen molar-refractivity contribution in [2.24, 2.45) is 0 Å². The Kier molecular flexibility index (Phi) is 6.69. The molecule has 0 bridgehead atoms. The van der Waals surface area contributed by atoms with Gasteiger partial charge in [-0.1, -0.05) is 24.3 Å². The van der Waals surface area contributed by atoms with E-state index in [4.69, 9.17) is 5.11 Å². The van der Waals surface area contributed by atoms with Crippen LogP contribution in [0.25, 0.3) is 0 Å². The molecule has 6 heteroatoms. The van der Waals surface area contributed by atoms with Gasteiger partial charge in [0.1, 0.15) is 6.04 Å². The Hall–Kier alpha value is -1.92. The van der Waals surface area contributed by atoms with Gasteiger partial charge in [0.25, 0.3) is 0 Å². The summed E-state index contributed by atoms with van der Waals surface area (Å²) in [6, 6.07) is 6.76. The Morgan fingerprint density at radius 3 is 2.65 bits per heavy atom. The zero-order valence-corrected chi connectivity index (χ0v) is 11.7. The van der Waals surface area contributed by atoms with Crippen LogP contribution in [0.1, 0.15) is 18.1 Å². The monoisotopic (exact) mass is 280 g/mol. The summed E-state index contributed by atoms with van der Waals surface area (Å²) >= 11 is 0. The van der Waals surface area contributed by atoms with Crippen LogP contribution in [0, 0.1) is 0 Å². The molecule has 110 valence electrons. The Morgan fingerprint density at radius 2 is 2.05 bits per heavy atom. The van der Waals surface area contributed by atoms with Gasteiger partial charge in [0.15, 0.2) is 0 Å². The van der Waals surface area contributed by atoms with Gasteiger partial charge in [-0.05, 0) is 11.1 Å². The molecule has 0 aromatic heterocycles. The summed E-state index contributed by atoms with van der Waals surface area (Å²) in [7, 11) is 1.28. The highest BCUT2D eigenvalue weighted by Gasteiger charge is 2.19. The molecule has 1 atom stereocenters. The van der Waals surface area contributed by atoms with E-state index in [0.29, 0.717) is 6.54 Å². The van der Waals surface area contributed by atoms with Crippen LogP contribution >= 0.6 is 0 Å². The average molecular weight is 280 g/mol. The SMILES string of the molecule is COC(=O)C(CNCc1cccc(CO)c1)NC(C)=O. The lowest BCUT2D eigenvalue weighted by Crippen LogP contribution is -2.46. The lowest BCUT2D eigenvalue weighted by atomic mass is 10.1. The Bertz CT molecular complexity index is 462. The van der Waals surface area contributed by atoms with Crippen molar-refractivity contribution in [3.05, 3.63) is 35.4 Å². The summed E-state index contributed by atoms with van der Waals surface area (Å²) in [6.45, 7) is 2.14. The summed E-state index contributed by atoms with van der Waals surface area (Å²) in [5.74, 6) is -0.777. The van der Waals surface area contributed by atoms with Gasteiger partial charge in [-0.3, -0.25) is 4.79 Å². The second-order valence-corrected chi connectivity index (χ2v) is 4.39. The minimum atomic E-state index is -0.710. The van der Waals surface area contributed by atoms with Crippen LogP contribution in [-0.2, 0) is 27.5 Å². The normalized spacial score (nSPS) is 11.8. The third-order valence-corrected chi connectivity index (χ3v) is 2.71. The first kappa shape index (κ1) is 16.1. The molecule has 0 radical (unpaired) electrons. The van der Waals surface area contributed by atoms with Gasteiger partial charge in [0, 0.05) is 20.0 Å². The van der Waals surface area contributed by atoms with Crippen LogP contribution < -0.4 is 10.6 Å². The lowest BCUT2D eigenvalue weighted by Gasteiger charge is -2.16. The van der Waals surface area contributed by atoms with Crippen LogP contribution in [0.5, 0.6) is 0 Å². The number of carbonyl (C=O) groups excluding carboxylic acids is 2. The fourth-order valence-corrected chi connectivity index (χ4v) is 1.78. The molecular weight excluding hydrogens is 260 g/mol. The number of aliphatic hydroxyl groups is 1. The number of rotatable bonds is 7. The van der Waals surface area contributed by atoms with Crippen molar-refractivity contribution in [3.63, 3.8) is 0 Å². The first-order chi connectivity index (χ1) is 9.56. The van der Waals surface area contributed by atoms with Gasteiger partial charge in [0.2, 0.25) is 5.91 Å². The Labute approximate surface area is 118 Å². The molecule has 3 N–H and O–H groups in total. The topological polar surface area (TPSA) is 87.7 Å². The molecule has 1 unspecified atom stereocenters. The summed E-state index contributed by atoms with van der Waals surface area (Å²) in [6.07, 6.45) is 0. The Morgan fingerprint density at radius 1 is 1.35 bits per heavy atom. The van der Waals surface area contributed by atoms with E-state index in [2.05, 4.69) is 15.4 Å². The molecule has 0 aliphatic heterocycles. The number of amides is 1. The van der Waals surface area contributed by atoms with Crippen LogP contribution in [0.4, 0.5) is 0 Å². The molecule has 0 spiro atoms. The summed E-state index contributed by atoms with van der Waals surface area (Å²) in [5.41, 5.74) is 1.82. The molecule has 6 nitrogen and oxygen atoms in total.